The summed E-state index contributed by atoms with van der Waals surface area (Å²) < 4.78 is 23.4. The van der Waals surface area contributed by atoms with E-state index < -0.39 is 7.60 Å². The van der Waals surface area contributed by atoms with Gasteiger partial charge in [-0.2, -0.15) is 0 Å². The SMILES string of the molecule is CCOP(=O)(Cc1ccc(CC(=O)/C=C/c2cnccc2-c2ccccc2)cc1)OCC. The third kappa shape index (κ3) is 6.83. The van der Waals surface area contributed by atoms with Crippen LogP contribution in [-0.2, 0) is 31.0 Å². The Morgan fingerprint density at radius 1 is 0.938 bits per heavy atom. The van der Waals surface area contributed by atoms with E-state index >= 15 is 0 Å². The van der Waals surface area contributed by atoms with Crippen LogP contribution in [0.1, 0.15) is 30.5 Å². The smallest absolute Gasteiger partial charge is 0.309 e. The van der Waals surface area contributed by atoms with Gasteiger partial charge in [0.15, 0.2) is 5.78 Å². The minimum absolute atomic E-state index is 0.00470. The van der Waals surface area contributed by atoms with Crippen molar-refractivity contribution >= 4 is 19.5 Å². The lowest BCUT2D eigenvalue weighted by molar-refractivity contribution is -0.113. The highest BCUT2D eigenvalue weighted by Crippen LogP contribution is 2.51. The van der Waals surface area contributed by atoms with Gasteiger partial charge in [-0.15, -0.1) is 0 Å². The average Bonchev–Trinajstić information content (AvgIpc) is 2.80. The average molecular weight is 449 g/mol. The predicted octanol–water partition coefficient (Wildman–Crippen LogP) is 6.34. The molecule has 0 saturated heterocycles. The Balaban J connectivity index is 1.65. The standard InChI is InChI=1S/C26H28NO4P/c1-3-30-32(29,31-4-2)20-22-12-10-21(11-13-22)18-25(28)15-14-24-19-27-17-16-26(24)23-8-6-5-7-9-23/h5-17,19H,3-4,18,20H2,1-2H3/b15-14+. The van der Waals surface area contributed by atoms with Crippen molar-refractivity contribution in [2.45, 2.75) is 26.4 Å². The van der Waals surface area contributed by atoms with Gasteiger partial charge in [-0.25, -0.2) is 0 Å². The van der Waals surface area contributed by atoms with E-state index in [2.05, 4.69) is 4.98 Å². The van der Waals surface area contributed by atoms with Gasteiger partial charge in [0.25, 0.3) is 0 Å². The lowest BCUT2D eigenvalue weighted by Crippen LogP contribution is -2.01. The Morgan fingerprint density at radius 2 is 1.59 bits per heavy atom. The summed E-state index contributed by atoms with van der Waals surface area (Å²) in [6.45, 7) is 4.25. The van der Waals surface area contributed by atoms with Crippen LogP contribution in [0, 0.1) is 0 Å². The van der Waals surface area contributed by atoms with Crippen LogP contribution in [0.4, 0.5) is 0 Å². The first-order valence-corrected chi connectivity index (χ1v) is 12.4. The number of allylic oxidation sites excluding steroid dienone is 1. The molecule has 3 aromatic rings. The van der Waals surface area contributed by atoms with E-state index in [1.807, 2.05) is 66.7 Å². The summed E-state index contributed by atoms with van der Waals surface area (Å²) in [6, 6.07) is 19.4. The Kier molecular flexibility index (Phi) is 8.69. The summed E-state index contributed by atoms with van der Waals surface area (Å²) >= 11 is 0. The lowest BCUT2D eigenvalue weighted by Gasteiger charge is -2.17. The van der Waals surface area contributed by atoms with Crippen molar-refractivity contribution in [2.24, 2.45) is 0 Å². The van der Waals surface area contributed by atoms with Crippen LogP contribution in [0.25, 0.3) is 17.2 Å². The van der Waals surface area contributed by atoms with Gasteiger partial charge in [0.2, 0.25) is 0 Å². The van der Waals surface area contributed by atoms with Gasteiger partial charge in [0.05, 0.1) is 19.4 Å². The molecule has 0 aliphatic rings. The molecule has 1 heterocycles. The van der Waals surface area contributed by atoms with E-state index in [9.17, 15) is 9.36 Å². The quantitative estimate of drug-likeness (QED) is 0.252. The van der Waals surface area contributed by atoms with Gasteiger partial charge in [-0.1, -0.05) is 54.6 Å². The zero-order chi connectivity index (χ0) is 22.8. The maximum Gasteiger partial charge on any atom is 0.335 e. The molecule has 0 atom stereocenters. The van der Waals surface area contributed by atoms with Gasteiger partial charge >= 0.3 is 7.60 Å². The first-order valence-electron chi connectivity index (χ1n) is 10.7. The summed E-state index contributed by atoms with van der Waals surface area (Å²) in [5.74, 6) is -0.00470. The molecule has 0 N–H and O–H groups in total. The number of benzene rings is 2. The zero-order valence-electron chi connectivity index (χ0n) is 18.4. The number of aromatic nitrogens is 1. The molecule has 166 valence electrons. The molecule has 32 heavy (non-hydrogen) atoms. The van der Waals surface area contributed by atoms with Crippen molar-refractivity contribution < 1.29 is 18.4 Å². The summed E-state index contributed by atoms with van der Waals surface area (Å²) in [7, 11) is -3.14. The van der Waals surface area contributed by atoms with Crippen LogP contribution in [-0.4, -0.2) is 24.0 Å². The largest absolute Gasteiger partial charge is 0.335 e. The number of nitrogens with zero attached hydrogens (tertiary/aromatic N) is 1. The zero-order valence-corrected chi connectivity index (χ0v) is 19.3. The molecule has 0 aliphatic carbocycles. The molecule has 3 rings (SSSR count). The number of carbonyl (C=O) groups excluding carboxylic acids is 1. The van der Waals surface area contributed by atoms with E-state index in [0.29, 0.717) is 13.2 Å². The fourth-order valence-electron chi connectivity index (χ4n) is 3.37. The minimum Gasteiger partial charge on any atom is -0.309 e. The van der Waals surface area contributed by atoms with Crippen LogP contribution in [0.5, 0.6) is 0 Å². The molecule has 0 bridgehead atoms. The summed E-state index contributed by atoms with van der Waals surface area (Å²) in [6.07, 6.45) is 7.41. The van der Waals surface area contributed by atoms with Crippen molar-refractivity contribution in [3.05, 3.63) is 95.8 Å². The number of pyridine rings is 1. The number of hydrogen-bond donors (Lipinski definition) is 0. The molecule has 1 aromatic heterocycles. The van der Waals surface area contributed by atoms with Crippen LogP contribution in [0.2, 0.25) is 0 Å². The molecule has 0 saturated carbocycles. The van der Waals surface area contributed by atoms with Gasteiger partial charge < -0.3 is 9.05 Å². The highest BCUT2D eigenvalue weighted by molar-refractivity contribution is 7.53. The monoisotopic (exact) mass is 449 g/mol. The molecule has 6 heteroatoms. The van der Waals surface area contributed by atoms with Gasteiger partial charge in [0.1, 0.15) is 0 Å². The maximum absolute atomic E-state index is 12.7. The highest BCUT2D eigenvalue weighted by Gasteiger charge is 2.23. The first kappa shape index (κ1) is 23.8. The predicted molar refractivity (Wildman–Crippen MR) is 128 cm³/mol. The van der Waals surface area contributed by atoms with Crippen molar-refractivity contribution in [3.63, 3.8) is 0 Å². The van der Waals surface area contributed by atoms with Crippen LogP contribution in [0.15, 0.2) is 79.1 Å². The second-order valence-electron chi connectivity index (χ2n) is 7.23. The molecule has 0 unspecified atom stereocenters. The fourth-order valence-corrected chi connectivity index (χ4v) is 5.07. The van der Waals surface area contributed by atoms with E-state index in [0.717, 1.165) is 27.8 Å². The minimum atomic E-state index is -3.14. The molecular formula is C26H28NO4P. The molecule has 2 aromatic carbocycles. The molecule has 5 nitrogen and oxygen atoms in total. The Morgan fingerprint density at radius 3 is 2.25 bits per heavy atom. The molecular weight excluding hydrogens is 421 g/mol. The topological polar surface area (TPSA) is 65.5 Å². The second kappa shape index (κ2) is 11.7. The number of carbonyl (C=O) groups is 1. The maximum atomic E-state index is 12.7. The van der Waals surface area contributed by atoms with Crippen LogP contribution in [0.3, 0.4) is 0 Å². The van der Waals surface area contributed by atoms with E-state index in [1.54, 1.807) is 32.3 Å². The summed E-state index contributed by atoms with van der Waals surface area (Å²) in [5.41, 5.74) is 4.74. The van der Waals surface area contributed by atoms with Gasteiger partial charge in [-0.05, 0) is 54.3 Å². The fraction of sp³-hybridized carbons (Fsp3) is 0.231. The third-order valence-electron chi connectivity index (χ3n) is 4.81. The number of ketones is 1. The first-order chi connectivity index (χ1) is 15.5. The van der Waals surface area contributed by atoms with Crippen molar-refractivity contribution in [2.75, 3.05) is 13.2 Å². The highest BCUT2D eigenvalue weighted by atomic mass is 31.2. The van der Waals surface area contributed by atoms with Crippen molar-refractivity contribution in [3.8, 4) is 11.1 Å². The Hall–Kier alpha value is -2.85. The van der Waals surface area contributed by atoms with E-state index in [4.69, 9.17) is 9.05 Å². The third-order valence-corrected chi connectivity index (χ3v) is 6.87. The Labute approximate surface area is 189 Å². The lowest BCUT2D eigenvalue weighted by atomic mass is 10.0. The van der Waals surface area contributed by atoms with Gasteiger partial charge in [-0.3, -0.25) is 14.3 Å². The van der Waals surface area contributed by atoms with Crippen LogP contribution < -0.4 is 0 Å². The molecule has 0 fully saturated rings. The summed E-state index contributed by atoms with van der Waals surface area (Å²) in [5, 5.41) is 0. The molecule has 0 radical (unpaired) electrons. The summed E-state index contributed by atoms with van der Waals surface area (Å²) in [4.78, 5) is 16.7. The van der Waals surface area contributed by atoms with Crippen molar-refractivity contribution in [1.29, 1.82) is 0 Å². The molecule has 0 spiro atoms. The Bertz CT molecular complexity index is 1080. The number of hydrogen-bond acceptors (Lipinski definition) is 5. The second-order valence-corrected chi connectivity index (χ2v) is 9.28. The van der Waals surface area contributed by atoms with E-state index in [1.165, 1.54) is 0 Å². The van der Waals surface area contributed by atoms with Crippen LogP contribution >= 0.6 is 7.60 Å². The molecule has 0 aliphatic heterocycles. The van der Waals surface area contributed by atoms with Crippen molar-refractivity contribution in [1.82, 2.24) is 4.98 Å². The van der Waals surface area contributed by atoms with Gasteiger partial charge in [0, 0.05) is 24.4 Å². The van der Waals surface area contributed by atoms with E-state index in [-0.39, 0.29) is 18.4 Å². The molecule has 0 amide bonds. The number of rotatable bonds is 11. The normalized spacial score (nSPS) is 11.7.